The predicted octanol–water partition coefficient (Wildman–Crippen LogP) is 4.96. The molecule has 1 fully saturated rings. The standard InChI is InChI=1S/C31H32ClF2N5O5/c1-37-27(28(33)34)23(35-36-37)16-44-25-11-10-22(32)21-12-13-39(30(41)19-8-4-5-9-20(19)31(42)43)24(26(21)25)15-38-14-17-6-2-3-7-18(17)29(38)40/h2-3,6-7,10-11,19-20,24,28H,4-5,8-9,12-16H2,1H3,(H,42,43)/t19-,20+,24-/m1/s1. The number of carboxylic acid groups (broad SMARTS) is 1. The molecule has 3 atom stereocenters. The third kappa shape index (κ3) is 5.40. The van der Waals surface area contributed by atoms with Crippen LogP contribution in [0.2, 0.25) is 5.02 Å². The van der Waals surface area contributed by atoms with E-state index >= 15 is 0 Å². The van der Waals surface area contributed by atoms with Crippen LogP contribution in [0.25, 0.3) is 0 Å². The monoisotopic (exact) mass is 627 g/mol. The third-order valence-corrected chi connectivity index (χ3v) is 9.41. The fourth-order valence-corrected chi connectivity index (χ4v) is 7.15. The Labute approximate surface area is 257 Å². The molecule has 1 N–H and O–H groups in total. The average Bonchev–Trinajstić information content (AvgIpc) is 3.55. The lowest BCUT2D eigenvalue weighted by atomic mass is 9.77. The van der Waals surface area contributed by atoms with Gasteiger partial charge in [0.25, 0.3) is 12.3 Å². The predicted molar refractivity (Wildman–Crippen MR) is 154 cm³/mol. The third-order valence-electron chi connectivity index (χ3n) is 9.06. The number of rotatable bonds is 8. The molecule has 2 aliphatic heterocycles. The number of aliphatic carboxylic acids is 1. The normalized spacial score (nSPS) is 21.4. The van der Waals surface area contributed by atoms with E-state index in [-0.39, 0.29) is 42.9 Å². The van der Waals surface area contributed by atoms with Crippen molar-refractivity contribution in [1.82, 2.24) is 24.8 Å². The fourth-order valence-electron chi connectivity index (χ4n) is 6.89. The lowest BCUT2D eigenvalue weighted by Crippen LogP contribution is -2.50. The van der Waals surface area contributed by atoms with Crippen LogP contribution in [0.15, 0.2) is 36.4 Å². The molecule has 0 radical (unpaired) electrons. The number of carbonyl (C=O) groups is 3. The van der Waals surface area contributed by atoms with Crippen molar-refractivity contribution in [2.24, 2.45) is 18.9 Å². The number of fused-ring (bicyclic) bond motifs is 2. The highest BCUT2D eigenvalue weighted by atomic mass is 35.5. The van der Waals surface area contributed by atoms with Crippen molar-refractivity contribution in [2.75, 3.05) is 13.1 Å². The van der Waals surface area contributed by atoms with Gasteiger partial charge >= 0.3 is 5.97 Å². The maximum absolute atomic E-state index is 14.2. The first-order valence-electron chi connectivity index (χ1n) is 14.7. The highest BCUT2D eigenvalue weighted by molar-refractivity contribution is 6.31. The molecular formula is C31H32ClF2N5O5. The van der Waals surface area contributed by atoms with Gasteiger partial charge in [-0.05, 0) is 48.6 Å². The number of aromatic nitrogens is 3. The summed E-state index contributed by atoms with van der Waals surface area (Å²) >= 11 is 6.68. The lowest BCUT2D eigenvalue weighted by Gasteiger charge is -2.43. The number of hydrogen-bond acceptors (Lipinski definition) is 6. The van der Waals surface area contributed by atoms with Crippen molar-refractivity contribution < 1.29 is 33.0 Å². The minimum atomic E-state index is -2.81. The number of amides is 2. The van der Waals surface area contributed by atoms with Crippen LogP contribution in [-0.4, -0.2) is 60.8 Å². The largest absolute Gasteiger partial charge is 0.487 e. The van der Waals surface area contributed by atoms with Crippen molar-refractivity contribution in [3.8, 4) is 5.75 Å². The number of alkyl halides is 2. The van der Waals surface area contributed by atoms with E-state index in [1.165, 1.54) is 7.05 Å². The molecule has 232 valence electrons. The second-order valence-corrected chi connectivity index (χ2v) is 12.0. The summed E-state index contributed by atoms with van der Waals surface area (Å²) in [6, 6.07) is 9.88. The molecule has 0 bridgehead atoms. The smallest absolute Gasteiger partial charge is 0.307 e. The molecule has 0 saturated heterocycles. The van der Waals surface area contributed by atoms with Gasteiger partial charge < -0.3 is 19.6 Å². The van der Waals surface area contributed by atoms with Gasteiger partial charge in [-0.2, -0.15) is 0 Å². The van der Waals surface area contributed by atoms with E-state index in [2.05, 4.69) is 10.3 Å². The molecule has 0 unspecified atom stereocenters. The molecule has 0 spiro atoms. The molecule has 1 aliphatic carbocycles. The Hall–Kier alpha value is -4.06. The quantitative estimate of drug-likeness (QED) is 0.375. The van der Waals surface area contributed by atoms with E-state index in [4.69, 9.17) is 16.3 Å². The van der Waals surface area contributed by atoms with E-state index < -0.39 is 30.3 Å². The molecule has 1 saturated carbocycles. The van der Waals surface area contributed by atoms with Gasteiger partial charge in [-0.25, -0.2) is 13.5 Å². The zero-order valence-corrected chi connectivity index (χ0v) is 24.8. The van der Waals surface area contributed by atoms with E-state index in [1.54, 1.807) is 34.1 Å². The highest BCUT2D eigenvalue weighted by Gasteiger charge is 2.44. The van der Waals surface area contributed by atoms with Crippen LogP contribution in [0.1, 0.15) is 76.6 Å². The van der Waals surface area contributed by atoms with Gasteiger partial charge in [0.15, 0.2) is 0 Å². The van der Waals surface area contributed by atoms with Crippen LogP contribution < -0.4 is 4.74 Å². The van der Waals surface area contributed by atoms with Crippen molar-refractivity contribution in [2.45, 2.75) is 57.7 Å². The maximum Gasteiger partial charge on any atom is 0.307 e. The van der Waals surface area contributed by atoms with Crippen LogP contribution in [0.5, 0.6) is 5.75 Å². The first-order chi connectivity index (χ1) is 21.2. The molecule has 2 amide bonds. The minimum absolute atomic E-state index is 0.0248. The van der Waals surface area contributed by atoms with Crippen LogP contribution in [0.3, 0.4) is 0 Å². The average molecular weight is 628 g/mol. The Bertz CT molecular complexity index is 1610. The van der Waals surface area contributed by atoms with E-state index in [0.717, 1.165) is 28.7 Å². The van der Waals surface area contributed by atoms with E-state index in [1.807, 2.05) is 12.1 Å². The van der Waals surface area contributed by atoms with Crippen molar-refractivity contribution in [1.29, 1.82) is 0 Å². The van der Waals surface area contributed by atoms with Gasteiger partial charge in [-0.15, -0.1) is 5.10 Å². The summed E-state index contributed by atoms with van der Waals surface area (Å²) in [6.45, 7) is 0.427. The molecule has 2 aromatic carbocycles. The molecular weight excluding hydrogens is 596 g/mol. The Kier molecular flexibility index (Phi) is 8.28. The number of halogens is 3. The van der Waals surface area contributed by atoms with Crippen molar-refractivity contribution in [3.63, 3.8) is 0 Å². The second kappa shape index (κ2) is 12.1. The number of ether oxygens (including phenoxy) is 1. The number of aryl methyl sites for hydroxylation is 1. The van der Waals surface area contributed by atoms with Gasteiger partial charge in [0, 0.05) is 42.8 Å². The van der Waals surface area contributed by atoms with E-state index in [9.17, 15) is 28.3 Å². The van der Waals surface area contributed by atoms with Crippen LogP contribution in [-0.2, 0) is 36.2 Å². The summed E-state index contributed by atoms with van der Waals surface area (Å²) in [6.07, 6.45) is -0.0638. The van der Waals surface area contributed by atoms with Gasteiger partial charge in [-0.1, -0.05) is 47.9 Å². The zero-order chi connectivity index (χ0) is 31.1. The lowest BCUT2D eigenvalue weighted by molar-refractivity contribution is -0.153. The minimum Gasteiger partial charge on any atom is -0.487 e. The first kappa shape index (κ1) is 30.0. The zero-order valence-electron chi connectivity index (χ0n) is 24.1. The van der Waals surface area contributed by atoms with Crippen LogP contribution in [0, 0.1) is 11.8 Å². The SMILES string of the molecule is Cn1nnc(COc2ccc(Cl)c3c2[C@@H](CN2Cc4ccccc4C2=O)N(C(=O)[C@@H]2CCCC[C@@H]2C(=O)O)CC3)c1C(F)F. The number of benzene rings is 2. The summed E-state index contributed by atoms with van der Waals surface area (Å²) < 4.78 is 34.6. The van der Waals surface area contributed by atoms with Crippen molar-refractivity contribution >= 4 is 29.4 Å². The number of nitrogens with zero attached hydrogens (tertiary/aromatic N) is 5. The van der Waals surface area contributed by atoms with Gasteiger partial charge in [0.1, 0.15) is 23.7 Å². The molecule has 3 aliphatic rings. The number of carbonyl (C=O) groups excluding carboxylic acids is 2. The van der Waals surface area contributed by atoms with Crippen molar-refractivity contribution in [3.05, 3.63) is 75.1 Å². The van der Waals surface area contributed by atoms with E-state index in [0.29, 0.717) is 47.7 Å². The summed E-state index contributed by atoms with van der Waals surface area (Å²) in [5.41, 5.74) is 2.38. The second-order valence-electron chi connectivity index (χ2n) is 11.5. The molecule has 3 heterocycles. The Morgan fingerprint density at radius 2 is 1.89 bits per heavy atom. The van der Waals surface area contributed by atoms with Gasteiger partial charge in [0.2, 0.25) is 5.91 Å². The summed E-state index contributed by atoms with van der Waals surface area (Å²) in [5, 5.41) is 18.0. The molecule has 10 nitrogen and oxygen atoms in total. The summed E-state index contributed by atoms with van der Waals surface area (Å²) in [4.78, 5) is 43.2. The molecule has 13 heteroatoms. The van der Waals surface area contributed by atoms with Gasteiger partial charge in [0.05, 0.1) is 17.9 Å². The summed E-state index contributed by atoms with van der Waals surface area (Å²) in [7, 11) is 1.38. The van der Waals surface area contributed by atoms with Crippen LogP contribution in [0.4, 0.5) is 8.78 Å². The molecule has 6 rings (SSSR count). The highest BCUT2D eigenvalue weighted by Crippen LogP contribution is 2.44. The Morgan fingerprint density at radius 3 is 2.61 bits per heavy atom. The number of carboxylic acids is 1. The Balaban J connectivity index is 1.39. The fraction of sp³-hybridized carbons (Fsp3) is 0.452. The summed E-state index contributed by atoms with van der Waals surface area (Å²) in [5.74, 6) is -2.62. The Morgan fingerprint density at radius 1 is 1.14 bits per heavy atom. The first-order valence-corrected chi connectivity index (χ1v) is 15.0. The van der Waals surface area contributed by atoms with Crippen LogP contribution >= 0.6 is 11.6 Å². The molecule has 3 aromatic rings. The van der Waals surface area contributed by atoms with Gasteiger partial charge in [-0.3, -0.25) is 14.4 Å². The number of hydrogen-bond donors (Lipinski definition) is 1. The molecule has 1 aromatic heterocycles. The topological polar surface area (TPSA) is 118 Å². The maximum atomic E-state index is 14.2. The molecule has 44 heavy (non-hydrogen) atoms.